The van der Waals surface area contributed by atoms with Crippen LogP contribution in [0.3, 0.4) is 0 Å². The van der Waals surface area contributed by atoms with Crippen molar-refractivity contribution in [2.75, 3.05) is 47.6 Å². The zero-order valence-corrected chi connectivity index (χ0v) is 23.4. The fourth-order valence-electron chi connectivity index (χ4n) is 4.91. The number of hydrogen-bond acceptors (Lipinski definition) is 4. The third-order valence-electron chi connectivity index (χ3n) is 6.79. The van der Waals surface area contributed by atoms with Crippen molar-refractivity contribution in [1.82, 2.24) is 0 Å². The zero-order valence-electron chi connectivity index (χ0n) is 21.2. The van der Waals surface area contributed by atoms with Crippen LogP contribution >= 0.6 is 0 Å². The third kappa shape index (κ3) is 4.63. The predicted octanol–water partition coefficient (Wildman–Crippen LogP) is 3.66. The summed E-state index contributed by atoms with van der Waals surface area (Å²) in [5, 5.41) is 0. The minimum atomic E-state index is 0.0986. The van der Waals surface area contributed by atoms with Crippen LogP contribution < -0.4 is 30.3 Å². The maximum absolute atomic E-state index is 2.51. The molecule has 4 nitrogen and oxygen atoms in total. The number of hydrogen-bond donors (Lipinski definition) is 0. The molecule has 0 atom stereocenters. The van der Waals surface area contributed by atoms with E-state index < -0.39 is 0 Å². The molecule has 1 aliphatic heterocycles. The van der Waals surface area contributed by atoms with Gasteiger partial charge < -0.3 is 0 Å². The van der Waals surface area contributed by atoms with Gasteiger partial charge in [-0.05, 0) is 0 Å². The van der Waals surface area contributed by atoms with Gasteiger partial charge in [0.2, 0.25) is 0 Å². The van der Waals surface area contributed by atoms with Gasteiger partial charge in [-0.25, -0.2) is 0 Å². The van der Waals surface area contributed by atoms with Crippen molar-refractivity contribution in [3.63, 3.8) is 0 Å². The van der Waals surface area contributed by atoms with Crippen molar-refractivity contribution in [2.45, 2.75) is 0 Å². The van der Waals surface area contributed by atoms with Crippen molar-refractivity contribution in [3.8, 4) is 0 Å². The van der Waals surface area contributed by atoms with Crippen molar-refractivity contribution in [3.05, 3.63) is 109 Å². The Morgan fingerprint density at radius 1 is 0.500 bits per heavy atom. The fraction of sp³-hybridized carbons (Fsp3) is 0.138. The standard InChI is InChI=1S/C29H30B2N4.Pt/c1-32(2)26-19-15-24(16-20-26)30-31(25-17-21-27(22-18-25)33(3)4)35(29-13-9-6-10-14-29)23-34(30)28-11-7-5-8-12-28;/h5-22H,1-4H3;. The van der Waals surface area contributed by atoms with Gasteiger partial charge in [-0.3, -0.25) is 0 Å². The Morgan fingerprint density at radius 2 is 0.833 bits per heavy atom. The first-order chi connectivity index (χ1) is 17.5. The van der Waals surface area contributed by atoms with Crippen LogP contribution in [0.5, 0.6) is 0 Å². The molecule has 0 aromatic heterocycles. The number of benzene rings is 4. The molecule has 1 saturated heterocycles. The average Bonchev–Trinajstić information content (AvgIpc) is 3.22. The SMILES string of the molecule is CN(C)c1ccc(B2B(c3ccc(N(C)C)cc3)N(c3ccccc3)[C](=[Pt])N2c2ccccc2)cc1. The molecule has 0 bridgehead atoms. The van der Waals surface area contributed by atoms with E-state index in [-0.39, 0.29) is 13.5 Å². The molecule has 0 radical (unpaired) electrons. The number of anilines is 4. The van der Waals surface area contributed by atoms with Crippen LogP contribution in [0.15, 0.2) is 109 Å². The van der Waals surface area contributed by atoms with Gasteiger partial charge in [0.1, 0.15) is 0 Å². The van der Waals surface area contributed by atoms with Gasteiger partial charge >= 0.3 is 227 Å². The van der Waals surface area contributed by atoms with Crippen LogP contribution in [0.2, 0.25) is 0 Å². The molecule has 4 aromatic rings. The number of para-hydroxylation sites is 2. The van der Waals surface area contributed by atoms with Crippen LogP contribution in [0.25, 0.3) is 0 Å². The van der Waals surface area contributed by atoms with Gasteiger partial charge in [0.25, 0.3) is 0 Å². The first kappa shape index (κ1) is 24.5. The fourth-order valence-corrected chi connectivity index (χ4v) is 6.13. The Morgan fingerprint density at radius 3 is 1.14 bits per heavy atom. The van der Waals surface area contributed by atoms with E-state index >= 15 is 0 Å². The van der Waals surface area contributed by atoms with Crippen molar-refractivity contribution in [1.29, 1.82) is 0 Å². The van der Waals surface area contributed by atoms with E-state index in [0.29, 0.717) is 0 Å². The van der Waals surface area contributed by atoms with Crippen LogP contribution in [0, 0.1) is 0 Å². The van der Waals surface area contributed by atoms with Gasteiger partial charge in [0.05, 0.1) is 0 Å². The normalized spacial score (nSPS) is 13.4. The van der Waals surface area contributed by atoms with E-state index in [1.807, 2.05) is 0 Å². The summed E-state index contributed by atoms with van der Waals surface area (Å²) in [5.74, 6) is 0. The second kappa shape index (κ2) is 10.4. The molecule has 1 fully saturated rings. The Kier molecular flexibility index (Phi) is 7.07. The molecule has 0 unspecified atom stereocenters. The summed E-state index contributed by atoms with van der Waals surface area (Å²) in [6.07, 6.45) is 0. The van der Waals surface area contributed by atoms with E-state index in [1.54, 1.807) is 0 Å². The first-order valence-electron chi connectivity index (χ1n) is 12.2. The van der Waals surface area contributed by atoms with Crippen LogP contribution in [-0.2, 0) is 19.4 Å². The molecule has 1 heterocycles. The van der Waals surface area contributed by atoms with E-state index in [1.165, 1.54) is 37.8 Å². The summed E-state index contributed by atoms with van der Waals surface area (Å²) in [5.41, 5.74) is 7.37. The van der Waals surface area contributed by atoms with Crippen molar-refractivity contribution in [2.24, 2.45) is 0 Å². The van der Waals surface area contributed by atoms with E-state index in [4.69, 9.17) is 0 Å². The molecule has 0 N–H and O–H groups in total. The van der Waals surface area contributed by atoms with Gasteiger partial charge in [0, 0.05) is 0 Å². The summed E-state index contributed by atoms with van der Waals surface area (Å²) in [6.45, 7) is 0.197. The van der Waals surface area contributed by atoms with Crippen molar-refractivity contribution < 1.29 is 19.4 Å². The van der Waals surface area contributed by atoms with Crippen molar-refractivity contribution >= 4 is 51.3 Å². The van der Waals surface area contributed by atoms with Gasteiger partial charge in [-0.2, -0.15) is 0 Å². The maximum atomic E-state index is 2.51. The van der Waals surface area contributed by atoms with Gasteiger partial charge in [0.15, 0.2) is 0 Å². The Balaban J connectivity index is 1.71. The molecule has 7 heteroatoms. The molecule has 4 aromatic carbocycles. The van der Waals surface area contributed by atoms with Gasteiger partial charge in [-0.15, -0.1) is 0 Å². The Bertz CT molecular complexity index is 1210. The van der Waals surface area contributed by atoms with Gasteiger partial charge in [-0.1, -0.05) is 0 Å². The Labute approximate surface area is 226 Å². The summed E-state index contributed by atoms with van der Waals surface area (Å²) in [4.78, 5) is 9.28. The second-order valence-corrected chi connectivity index (χ2v) is 10.5. The van der Waals surface area contributed by atoms with Crippen LogP contribution in [0.4, 0.5) is 22.7 Å². The minimum absolute atomic E-state index is 0.0986. The first-order valence-corrected chi connectivity index (χ1v) is 13.3. The predicted molar refractivity (Wildman–Crippen MR) is 155 cm³/mol. The zero-order chi connectivity index (χ0) is 25.2. The molecule has 1 aliphatic rings. The molecule has 36 heavy (non-hydrogen) atoms. The summed E-state index contributed by atoms with van der Waals surface area (Å²) in [7, 11) is 8.35. The molecular weight excluding hydrogens is 621 g/mol. The number of nitrogens with zero attached hydrogens (tertiary/aromatic N) is 4. The van der Waals surface area contributed by atoms with E-state index in [2.05, 4.69) is 176 Å². The second-order valence-electron chi connectivity index (χ2n) is 9.51. The van der Waals surface area contributed by atoms with E-state index in [9.17, 15) is 0 Å². The van der Waals surface area contributed by atoms with E-state index in [0.717, 1.165) is 0 Å². The molecule has 0 aliphatic carbocycles. The molecule has 0 saturated carbocycles. The summed E-state index contributed by atoms with van der Waals surface area (Å²) >= 11 is 2.51. The summed E-state index contributed by atoms with van der Waals surface area (Å²) < 4.78 is 1.19. The average molecular weight is 651 g/mol. The van der Waals surface area contributed by atoms with Crippen LogP contribution in [-0.4, -0.2) is 45.8 Å². The molecular formula is C29H30B2N4Pt. The molecule has 5 rings (SSSR count). The monoisotopic (exact) mass is 651 g/mol. The van der Waals surface area contributed by atoms with Crippen LogP contribution in [0.1, 0.15) is 0 Å². The number of rotatable bonds is 6. The molecule has 0 spiro atoms. The quantitative estimate of drug-likeness (QED) is 0.296. The third-order valence-corrected chi connectivity index (χ3v) is 7.89. The Hall–Kier alpha value is -3.23. The topological polar surface area (TPSA) is 13.0 Å². The summed E-state index contributed by atoms with van der Waals surface area (Å²) in [6, 6.07) is 39.5. The molecule has 182 valence electrons. The molecule has 0 amide bonds.